The molecule has 2 rings (SSSR count). The first-order valence-electron chi connectivity index (χ1n) is 6.51. The first-order valence-corrected chi connectivity index (χ1v) is 6.51. The molecule has 4 heteroatoms. The van der Waals surface area contributed by atoms with Crippen molar-refractivity contribution in [1.29, 1.82) is 5.26 Å². The molecule has 0 bridgehead atoms. The van der Waals surface area contributed by atoms with Gasteiger partial charge >= 0.3 is 0 Å². The predicted molar refractivity (Wildman–Crippen MR) is 82.4 cm³/mol. The summed E-state index contributed by atoms with van der Waals surface area (Å²) < 4.78 is 0. The van der Waals surface area contributed by atoms with E-state index in [1.807, 2.05) is 38.1 Å². The lowest BCUT2D eigenvalue weighted by molar-refractivity contribution is -0.112. The minimum Gasteiger partial charge on any atom is -0.321 e. The quantitative estimate of drug-likeness (QED) is 0.691. The van der Waals surface area contributed by atoms with Gasteiger partial charge in [0.1, 0.15) is 11.6 Å². The fourth-order valence-corrected chi connectivity index (χ4v) is 1.97. The van der Waals surface area contributed by atoms with E-state index in [1.54, 1.807) is 24.5 Å². The van der Waals surface area contributed by atoms with Crippen LogP contribution in [0.15, 0.2) is 48.3 Å². The van der Waals surface area contributed by atoms with Gasteiger partial charge in [-0.15, -0.1) is 0 Å². The van der Waals surface area contributed by atoms with Crippen molar-refractivity contribution in [2.45, 2.75) is 13.8 Å². The summed E-state index contributed by atoms with van der Waals surface area (Å²) in [5.74, 6) is -0.418. The van der Waals surface area contributed by atoms with Gasteiger partial charge in [0, 0.05) is 18.1 Å². The van der Waals surface area contributed by atoms with Crippen LogP contribution in [0.1, 0.15) is 16.7 Å². The van der Waals surface area contributed by atoms with Gasteiger partial charge in [0.15, 0.2) is 0 Å². The number of nitrogens with zero attached hydrogens (tertiary/aromatic N) is 2. The summed E-state index contributed by atoms with van der Waals surface area (Å²) in [4.78, 5) is 16.2. The third kappa shape index (κ3) is 3.54. The van der Waals surface area contributed by atoms with Crippen LogP contribution in [0, 0.1) is 25.2 Å². The molecule has 1 aromatic heterocycles. The second-order valence-electron chi connectivity index (χ2n) is 4.68. The summed E-state index contributed by atoms with van der Waals surface area (Å²) in [6.45, 7) is 3.83. The molecule has 104 valence electrons. The van der Waals surface area contributed by atoms with E-state index in [2.05, 4.69) is 10.3 Å². The van der Waals surface area contributed by atoms with Crippen LogP contribution in [0.5, 0.6) is 0 Å². The first kappa shape index (κ1) is 14.5. The molecule has 1 heterocycles. The number of aromatic nitrogens is 1. The van der Waals surface area contributed by atoms with Gasteiger partial charge in [0.2, 0.25) is 0 Å². The average molecular weight is 277 g/mol. The molecule has 1 N–H and O–H groups in total. The Labute approximate surface area is 123 Å². The topological polar surface area (TPSA) is 65.8 Å². The monoisotopic (exact) mass is 277 g/mol. The second kappa shape index (κ2) is 6.49. The van der Waals surface area contributed by atoms with Gasteiger partial charge in [-0.2, -0.15) is 5.26 Å². The molecule has 0 saturated heterocycles. The van der Waals surface area contributed by atoms with Gasteiger partial charge < -0.3 is 5.32 Å². The summed E-state index contributed by atoms with van der Waals surface area (Å²) in [7, 11) is 0. The Bertz CT molecular complexity index is 707. The highest BCUT2D eigenvalue weighted by Crippen LogP contribution is 2.20. The van der Waals surface area contributed by atoms with Crippen LogP contribution in [0.3, 0.4) is 0 Å². The normalized spacial score (nSPS) is 10.8. The van der Waals surface area contributed by atoms with E-state index in [9.17, 15) is 10.1 Å². The number of amides is 1. The maximum Gasteiger partial charge on any atom is 0.266 e. The third-order valence-corrected chi connectivity index (χ3v) is 3.08. The van der Waals surface area contributed by atoms with Crippen molar-refractivity contribution in [2.24, 2.45) is 0 Å². The molecule has 0 unspecified atom stereocenters. The van der Waals surface area contributed by atoms with Crippen molar-refractivity contribution in [1.82, 2.24) is 4.98 Å². The molecule has 4 nitrogen and oxygen atoms in total. The van der Waals surface area contributed by atoms with Gasteiger partial charge in [-0.1, -0.05) is 24.3 Å². The first-order chi connectivity index (χ1) is 10.1. The lowest BCUT2D eigenvalue weighted by Gasteiger charge is -2.10. The molecule has 0 saturated carbocycles. The zero-order chi connectivity index (χ0) is 15.2. The maximum atomic E-state index is 12.2. The van der Waals surface area contributed by atoms with Gasteiger partial charge in [0.25, 0.3) is 5.91 Å². The summed E-state index contributed by atoms with van der Waals surface area (Å²) in [6, 6.07) is 11.2. The number of nitrogens with one attached hydrogen (secondary N) is 1. The van der Waals surface area contributed by atoms with Crippen molar-refractivity contribution >= 4 is 17.7 Å². The van der Waals surface area contributed by atoms with Crippen molar-refractivity contribution in [3.63, 3.8) is 0 Å². The number of carbonyl (C=O) groups is 1. The average Bonchev–Trinajstić information content (AvgIpc) is 2.49. The predicted octanol–water partition coefficient (Wildman–Crippen LogP) is 3.24. The molecule has 0 atom stereocenters. The summed E-state index contributed by atoms with van der Waals surface area (Å²) in [5.41, 5.74) is 3.43. The zero-order valence-electron chi connectivity index (χ0n) is 11.9. The standard InChI is InChI=1S/C17H15N3O/c1-12-5-3-6-13(2)16(12)20-17(21)15(10-18)9-14-7-4-8-19-11-14/h3-9,11H,1-2H3,(H,20,21)/b15-9+. The molecule has 2 aromatic rings. The SMILES string of the molecule is Cc1cccc(C)c1NC(=O)/C(C#N)=C/c1cccnc1. The molecule has 0 fully saturated rings. The molecule has 1 aromatic carbocycles. The smallest absolute Gasteiger partial charge is 0.266 e. The van der Waals surface area contributed by atoms with Crippen molar-refractivity contribution in [2.75, 3.05) is 5.32 Å². The van der Waals surface area contributed by atoms with E-state index >= 15 is 0 Å². The summed E-state index contributed by atoms with van der Waals surface area (Å²) in [6.07, 6.45) is 4.76. The Morgan fingerprint density at radius 1 is 1.24 bits per heavy atom. The van der Waals surface area contributed by atoms with Crippen LogP contribution >= 0.6 is 0 Å². The molecule has 0 aliphatic rings. The van der Waals surface area contributed by atoms with Gasteiger partial charge in [-0.05, 0) is 42.7 Å². The number of hydrogen-bond acceptors (Lipinski definition) is 3. The van der Waals surface area contributed by atoms with E-state index in [1.165, 1.54) is 6.08 Å². The summed E-state index contributed by atoms with van der Waals surface area (Å²) in [5, 5.41) is 12.0. The number of para-hydroxylation sites is 1. The zero-order valence-corrected chi connectivity index (χ0v) is 11.9. The Kier molecular flexibility index (Phi) is 4.47. The number of anilines is 1. The van der Waals surface area contributed by atoms with Crippen LogP contribution in [0.4, 0.5) is 5.69 Å². The Morgan fingerprint density at radius 3 is 2.52 bits per heavy atom. The molecule has 0 aliphatic heterocycles. The molecular formula is C17H15N3O. The minimum absolute atomic E-state index is 0.0469. The largest absolute Gasteiger partial charge is 0.321 e. The highest BCUT2D eigenvalue weighted by atomic mass is 16.1. The number of hydrogen-bond donors (Lipinski definition) is 1. The van der Waals surface area contributed by atoms with E-state index in [0.717, 1.165) is 16.8 Å². The Morgan fingerprint density at radius 2 is 1.95 bits per heavy atom. The van der Waals surface area contributed by atoms with Crippen molar-refractivity contribution in [3.8, 4) is 6.07 Å². The number of rotatable bonds is 3. The van der Waals surface area contributed by atoms with Gasteiger partial charge in [-0.3, -0.25) is 9.78 Å². The molecule has 1 amide bonds. The van der Waals surface area contributed by atoms with Crippen LogP contribution in [-0.4, -0.2) is 10.9 Å². The molecule has 0 radical (unpaired) electrons. The number of benzene rings is 1. The van der Waals surface area contributed by atoms with Crippen LogP contribution < -0.4 is 5.32 Å². The number of pyridine rings is 1. The Hall–Kier alpha value is -2.93. The van der Waals surface area contributed by atoms with Crippen LogP contribution in [0.25, 0.3) is 6.08 Å². The lowest BCUT2D eigenvalue weighted by atomic mass is 10.1. The second-order valence-corrected chi connectivity index (χ2v) is 4.68. The molecule has 21 heavy (non-hydrogen) atoms. The highest BCUT2D eigenvalue weighted by molar-refractivity contribution is 6.10. The maximum absolute atomic E-state index is 12.2. The lowest BCUT2D eigenvalue weighted by Crippen LogP contribution is -2.15. The molecular weight excluding hydrogens is 262 g/mol. The fraction of sp³-hybridized carbons (Fsp3) is 0.118. The molecule has 0 aliphatic carbocycles. The fourth-order valence-electron chi connectivity index (χ4n) is 1.97. The molecule has 0 spiro atoms. The van der Waals surface area contributed by atoms with E-state index in [-0.39, 0.29) is 5.57 Å². The van der Waals surface area contributed by atoms with E-state index < -0.39 is 5.91 Å². The number of carbonyl (C=O) groups excluding carboxylic acids is 1. The number of nitriles is 1. The highest BCUT2D eigenvalue weighted by Gasteiger charge is 2.12. The number of aryl methyl sites for hydroxylation is 2. The van der Waals surface area contributed by atoms with Crippen molar-refractivity contribution in [3.05, 3.63) is 65.0 Å². The Balaban J connectivity index is 2.27. The van der Waals surface area contributed by atoms with Gasteiger partial charge in [-0.25, -0.2) is 0 Å². The van der Waals surface area contributed by atoms with E-state index in [0.29, 0.717) is 5.56 Å². The van der Waals surface area contributed by atoms with Gasteiger partial charge in [0.05, 0.1) is 0 Å². The summed E-state index contributed by atoms with van der Waals surface area (Å²) >= 11 is 0. The van der Waals surface area contributed by atoms with Crippen molar-refractivity contribution < 1.29 is 4.79 Å². The third-order valence-electron chi connectivity index (χ3n) is 3.08. The van der Waals surface area contributed by atoms with Crippen LogP contribution in [0.2, 0.25) is 0 Å². The van der Waals surface area contributed by atoms with Crippen LogP contribution in [-0.2, 0) is 4.79 Å². The van der Waals surface area contributed by atoms with E-state index in [4.69, 9.17) is 0 Å². The minimum atomic E-state index is -0.418.